The van der Waals surface area contributed by atoms with Crippen LogP contribution in [-0.4, -0.2) is 22.4 Å². The Bertz CT molecular complexity index is 1530. The highest BCUT2D eigenvalue weighted by Crippen LogP contribution is 2.69. The highest BCUT2D eigenvalue weighted by molar-refractivity contribution is 5.27. The van der Waals surface area contributed by atoms with Gasteiger partial charge in [-0.15, -0.1) is 0 Å². The lowest BCUT2D eigenvalue weighted by molar-refractivity contribution is -0.0575. The van der Waals surface area contributed by atoms with Gasteiger partial charge in [0.05, 0.1) is 12.2 Å². The normalized spacial score (nSPS) is 45.5. The molecule has 0 aromatic carbocycles. The lowest BCUT2D eigenvalue weighted by Gasteiger charge is -2.58. The average Bonchev–Trinajstić information content (AvgIpc) is 3.75. The van der Waals surface area contributed by atoms with E-state index in [9.17, 15) is 10.2 Å². The minimum atomic E-state index is -0.0870. The van der Waals surface area contributed by atoms with Crippen LogP contribution in [0, 0.1) is 105 Å². The zero-order chi connectivity index (χ0) is 43.4. The van der Waals surface area contributed by atoms with Crippen LogP contribution < -0.4 is 0 Å². The van der Waals surface area contributed by atoms with Gasteiger partial charge in [-0.05, 0) is 220 Å². The molecule has 8 aliphatic carbocycles. The van der Waals surface area contributed by atoms with Crippen molar-refractivity contribution >= 4 is 0 Å². The van der Waals surface area contributed by atoms with E-state index in [1.165, 1.54) is 103 Å². The van der Waals surface area contributed by atoms with Crippen LogP contribution in [0.1, 0.15) is 212 Å². The molecule has 0 radical (unpaired) electrons. The van der Waals surface area contributed by atoms with Gasteiger partial charge in [0.25, 0.3) is 0 Å². The van der Waals surface area contributed by atoms with Crippen molar-refractivity contribution in [3.63, 3.8) is 0 Å². The molecule has 0 amide bonds. The second-order valence-electron chi connectivity index (χ2n) is 25.3. The number of fused-ring (bicyclic) bond motifs is 10. The molecule has 6 fully saturated rings. The maximum Gasteiger partial charge on any atom is 0.0577 e. The van der Waals surface area contributed by atoms with Crippen LogP contribution in [0.2, 0.25) is 0 Å². The standard InChI is InChI=1S/C29H50O.C29H48O/c2*1-7-21(19(2)3)9-8-20(4)25-12-13-26-24-11-10-22-18-23(30)14-16-28(22,5)27(24)15-17-29(25,26)6/h10,19-21,23-27,30H,7-9,11-18H2,1-6H3;8-10,19-21,23-27,30H,7,11-18H2,1-6H3/b;9-8+/t2*20-,21-,23+,24?,25-,26?,27?,28+,29-/m11/s1. The van der Waals surface area contributed by atoms with Crippen LogP contribution in [0.25, 0.3) is 0 Å². The van der Waals surface area contributed by atoms with Crippen molar-refractivity contribution in [3.8, 4) is 0 Å². The lowest BCUT2D eigenvalue weighted by atomic mass is 9.47. The molecule has 60 heavy (non-hydrogen) atoms. The molecule has 2 N–H and O–H groups in total. The SMILES string of the molecule is CC[C@H](/C=C/[C@@H](C)[C@H]1CCC2C3CC=C4C[C@@H](O)CC[C@]4(C)C3CC[C@@]21C)C(C)C.CC[C@H](CC[C@@H](C)[C@H]1CCC2C3CC=C4C[C@@H](O)CC[C@]4(C)C3CC[C@@]21C)C(C)C. The molecule has 0 bridgehead atoms. The molecule has 0 aromatic rings. The summed E-state index contributed by atoms with van der Waals surface area (Å²) < 4.78 is 0. The molecule has 8 rings (SSSR count). The fraction of sp³-hybridized carbons (Fsp3) is 0.897. The van der Waals surface area contributed by atoms with E-state index < -0.39 is 0 Å². The van der Waals surface area contributed by atoms with Gasteiger partial charge in [-0.1, -0.05) is 131 Å². The van der Waals surface area contributed by atoms with Crippen molar-refractivity contribution in [1.29, 1.82) is 0 Å². The van der Waals surface area contributed by atoms with Crippen molar-refractivity contribution in [2.45, 2.75) is 224 Å². The summed E-state index contributed by atoms with van der Waals surface area (Å²) >= 11 is 0. The molecule has 6 unspecified atom stereocenters. The van der Waals surface area contributed by atoms with E-state index in [-0.39, 0.29) is 12.2 Å². The van der Waals surface area contributed by atoms with E-state index in [1.807, 2.05) is 0 Å². The number of hydrogen-bond acceptors (Lipinski definition) is 2. The van der Waals surface area contributed by atoms with Crippen LogP contribution in [0.3, 0.4) is 0 Å². The van der Waals surface area contributed by atoms with Crippen molar-refractivity contribution < 1.29 is 10.2 Å². The van der Waals surface area contributed by atoms with Gasteiger partial charge >= 0.3 is 0 Å². The second-order valence-corrected chi connectivity index (χ2v) is 25.3. The fourth-order valence-electron chi connectivity index (χ4n) is 18.1. The predicted octanol–water partition coefficient (Wildman–Crippen LogP) is 15.8. The Balaban J connectivity index is 0.000000181. The monoisotopic (exact) mass is 827 g/mol. The minimum Gasteiger partial charge on any atom is -0.393 e. The Morgan fingerprint density at radius 3 is 1.53 bits per heavy atom. The smallest absolute Gasteiger partial charge is 0.0577 e. The van der Waals surface area contributed by atoms with Gasteiger partial charge in [-0.2, -0.15) is 0 Å². The van der Waals surface area contributed by atoms with Gasteiger partial charge in [0, 0.05) is 0 Å². The largest absolute Gasteiger partial charge is 0.393 e. The first kappa shape index (κ1) is 47.1. The van der Waals surface area contributed by atoms with E-state index in [0.29, 0.717) is 27.6 Å². The number of aliphatic hydroxyl groups is 2. The first-order valence-corrected chi connectivity index (χ1v) is 26.8. The Labute approximate surface area is 372 Å². The van der Waals surface area contributed by atoms with Crippen LogP contribution in [-0.2, 0) is 0 Å². The van der Waals surface area contributed by atoms with Gasteiger partial charge < -0.3 is 10.2 Å². The van der Waals surface area contributed by atoms with Gasteiger partial charge in [-0.3, -0.25) is 0 Å². The summed E-state index contributed by atoms with van der Waals surface area (Å²) in [5, 5.41) is 20.5. The Morgan fingerprint density at radius 1 is 0.567 bits per heavy atom. The maximum atomic E-state index is 10.2. The molecule has 342 valence electrons. The van der Waals surface area contributed by atoms with Gasteiger partial charge in [0.15, 0.2) is 0 Å². The van der Waals surface area contributed by atoms with Gasteiger partial charge in [0.2, 0.25) is 0 Å². The number of aliphatic hydroxyl groups excluding tert-OH is 2. The third-order valence-electron chi connectivity index (χ3n) is 22.1. The van der Waals surface area contributed by atoms with Crippen molar-refractivity contribution in [2.24, 2.45) is 105 Å². The quantitative estimate of drug-likeness (QED) is 0.204. The van der Waals surface area contributed by atoms with E-state index in [1.54, 1.807) is 11.1 Å². The molecular formula is C58H98O2. The molecule has 2 nitrogen and oxygen atoms in total. The highest BCUT2D eigenvalue weighted by atomic mass is 16.3. The van der Waals surface area contributed by atoms with Crippen LogP contribution in [0.5, 0.6) is 0 Å². The van der Waals surface area contributed by atoms with Crippen LogP contribution in [0.15, 0.2) is 35.5 Å². The zero-order valence-electron chi connectivity index (χ0n) is 41.6. The van der Waals surface area contributed by atoms with Gasteiger partial charge in [-0.25, -0.2) is 0 Å². The fourth-order valence-corrected chi connectivity index (χ4v) is 18.1. The summed E-state index contributed by atoms with van der Waals surface area (Å²) in [7, 11) is 0. The Morgan fingerprint density at radius 2 is 1.07 bits per heavy atom. The number of allylic oxidation sites excluding steroid dienone is 4. The zero-order valence-corrected chi connectivity index (χ0v) is 41.6. The molecule has 0 aliphatic heterocycles. The minimum absolute atomic E-state index is 0.0794. The number of hydrogen-bond donors (Lipinski definition) is 2. The summed E-state index contributed by atoms with van der Waals surface area (Å²) in [6.45, 7) is 29.9. The van der Waals surface area contributed by atoms with Crippen molar-refractivity contribution in [1.82, 2.24) is 0 Å². The first-order valence-electron chi connectivity index (χ1n) is 26.8. The summed E-state index contributed by atoms with van der Waals surface area (Å²) in [5.41, 5.74) is 5.10. The van der Waals surface area contributed by atoms with E-state index in [2.05, 4.69) is 107 Å². The topological polar surface area (TPSA) is 40.5 Å². The molecule has 0 saturated heterocycles. The summed E-state index contributed by atoms with van der Waals surface area (Å²) in [6, 6.07) is 0. The average molecular weight is 827 g/mol. The Kier molecular flexibility index (Phi) is 14.6. The van der Waals surface area contributed by atoms with E-state index >= 15 is 0 Å². The Hall–Kier alpha value is -0.860. The summed E-state index contributed by atoms with van der Waals surface area (Å²) in [4.78, 5) is 0. The van der Waals surface area contributed by atoms with E-state index in [4.69, 9.17) is 0 Å². The molecular weight excluding hydrogens is 729 g/mol. The summed E-state index contributed by atoms with van der Waals surface area (Å²) in [6.07, 6.45) is 36.2. The molecule has 18 atom stereocenters. The summed E-state index contributed by atoms with van der Waals surface area (Å²) in [5.74, 6) is 12.0. The van der Waals surface area contributed by atoms with Gasteiger partial charge in [0.1, 0.15) is 0 Å². The van der Waals surface area contributed by atoms with Crippen molar-refractivity contribution in [3.05, 3.63) is 35.5 Å². The van der Waals surface area contributed by atoms with E-state index in [0.717, 1.165) is 103 Å². The first-order chi connectivity index (χ1) is 28.4. The second kappa shape index (κ2) is 18.6. The molecule has 2 heteroatoms. The molecule has 0 spiro atoms. The highest BCUT2D eigenvalue weighted by Gasteiger charge is 2.60. The predicted molar refractivity (Wildman–Crippen MR) is 256 cm³/mol. The van der Waals surface area contributed by atoms with Crippen LogP contribution >= 0.6 is 0 Å². The number of rotatable bonds is 11. The van der Waals surface area contributed by atoms with Crippen molar-refractivity contribution in [2.75, 3.05) is 0 Å². The molecule has 0 heterocycles. The maximum absolute atomic E-state index is 10.2. The third-order valence-corrected chi connectivity index (χ3v) is 22.1. The molecule has 0 aromatic heterocycles. The lowest BCUT2D eigenvalue weighted by Crippen LogP contribution is -2.50. The van der Waals surface area contributed by atoms with Crippen LogP contribution in [0.4, 0.5) is 0 Å². The third kappa shape index (κ3) is 8.55. The molecule has 6 saturated carbocycles. The molecule has 8 aliphatic rings.